The van der Waals surface area contributed by atoms with Gasteiger partial charge < -0.3 is 14.1 Å². The molecule has 2 fully saturated rings. The minimum atomic E-state index is 0.0710. The van der Waals surface area contributed by atoms with E-state index in [0.29, 0.717) is 21.5 Å². The highest BCUT2D eigenvalue weighted by atomic mass is 79.9. The minimum absolute atomic E-state index is 0.0710. The molecule has 0 radical (unpaired) electrons. The van der Waals surface area contributed by atoms with Crippen LogP contribution in [0.2, 0.25) is 0 Å². The van der Waals surface area contributed by atoms with E-state index in [1.54, 1.807) is 6.07 Å². The van der Waals surface area contributed by atoms with Gasteiger partial charge >= 0.3 is 0 Å². The molecule has 1 aromatic rings. The molecule has 0 spiro atoms. The van der Waals surface area contributed by atoms with Gasteiger partial charge in [-0.3, -0.25) is 4.79 Å². The van der Waals surface area contributed by atoms with E-state index in [-0.39, 0.29) is 5.91 Å². The standard InChI is InChI=1S/C12H14BrNO3S/c13-11-5-8(6-17-11)12(15)14-2-4-18-10-7-16-3-1-9(10)14/h5-6,9-10H,1-4,7H2/t9-,10-/m0/s1. The smallest absolute Gasteiger partial charge is 0.257 e. The molecule has 98 valence electrons. The normalized spacial score (nSPS) is 27.9. The highest BCUT2D eigenvalue weighted by Crippen LogP contribution is 2.31. The van der Waals surface area contributed by atoms with Gasteiger partial charge in [-0.2, -0.15) is 11.8 Å². The Balaban J connectivity index is 1.79. The second-order valence-electron chi connectivity index (χ2n) is 4.48. The Morgan fingerprint density at radius 2 is 2.44 bits per heavy atom. The van der Waals surface area contributed by atoms with Crippen molar-refractivity contribution in [2.75, 3.05) is 25.5 Å². The van der Waals surface area contributed by atoms with E-state index in [0.717, 1.165) is 31.9 Å². The summed E-state index contributed by atoms with van der Waals surface area (Å²) in [5.41, 5.74) is 0.624. The molecular weight excluding hydrogens is 318 g/mol. The Morgan fingerprint density at radius 1 is 1.56 bits per heavy atom. The van der Waals surface area contributed by atoms with Crippen LogP contribution in [0.3, 0.4) is 0 Å². The zero-order valence-electron chi connectivity index (χ0n) is 9.80. The van der Waals surface area contributed by atoms with E-state index in [1.807, 2.05) is 16.7 Å². The van der Waals surface area contributed by atoms with Crippen molar-refractivity contribution in [2.24, 2.45) is 0 Å². The summed E-state index contributed by atoms with van der Waals surface area (Å²) >= 11 is 5.15. The molecule has 18 heavy (non-hydrogen) atoms. The molecule has 0 unspecified atom stereocenters. The lowest BCUT2D eigenvalue weighted by Crippen LogP contribution is -2.54. The fraction of sp³-hybridized carbons (Fsp3) is 0.583. The van der Waals surface area contributed by atoms with Gasteiger partial charge in [0.1, 0.15) is 6.26 Å². The molecule has 0 N–H and O–H groups in total. The highest BCUT2D eigenvalue weighted by molar-refractivity contribution is 9.10. The van der Waals surface area contributed by atoms with Crippen LogP contribution < -0.4 is 0 Å². The monoisotopic (exact) mass is 331 g/mol. The molecule has 0 aromatic carbocycles. The largest absolute Gasteiger partial charge is 0.457 e. The van der Waals surface area contributed by atoms with Crippen LogP contribution in [0.25, 0.3) is 0 Å². The maximum atomic E-state index is 12.5. The summed E-state index contributed by atoms with van der Waals surface area (Å²) in [5, 5.41) is 0.423. The number of ether oxygens (including phenoxy) is 1. The molecule has 0 saturated carbocycles. The van der Waals surface area contributed by atoms with Gasteiger partial charge in [-0.05, 0) is 22.4 Å². The molecule has 2 atom stereocenters. The number of nitrogens with zero attached hydrogens (tertiary/aromatic N) is 1. The Bertz CT molecular complexity index is 448. The molecule has 3 rings (SSSR count). The number of rotatable bonds is 1. The van der Waals surface area contributed by atoms with Crippen molar-refractivity contribution < 1.29 is 13.9 Å². The summed E-state index contributed by atoms with van der Waals surface area (Å²) in [6, 6.07) is 2.04. The number of hydrogen-bond acceptors (Lipinski definition) is 4. The summed E-state index contributed by atoms with van der Waals surface area (Å²) in [6.07, 6.45) is 2.45. The second-order valence-corrected chi connectivity index (χ2v) is 6.61. The average Bonchev–Trinajstić information content (AvgIpc) is 2.84. The van der Waals surface area contributed by atoms with Crippen molar-refractivity contribution in [1.82, 2.24) is 4.90 Å². The summed E-state index contributed by atoms with van der Waals surface area (Å²) in [6.45, 7) is 2.32. The molecule has 1 aromatic heterocycles. The molecule has 6 heteroatoms. The van der Waals surface area contributed by atoms with Crippen molar-refractivity contribution in [1.29, 1.82) is 0 Å². The van der Waals surface area contributed by atoms with Crippen molar-refractivity contribution >= 4 is 33.6 Å². The molecule has 2 saturated heterocycles. The van der Waals surface area contributed by atoms with Crippen LogP contribution in [0.5, 0.6) is 0 Å². The van der Waals surface area contributed by atoms with E-state index < -0.39 is 0 Å². The molecule has 2 aliphatic heterocycles. The molecule has 0 bridgehead atoms. The number of halogens is 1. The van der Waals surface area contributed by atoms with Crippen molar-refractivity contribution in [3.63, 3.8) is 0 Å². The minimum Gasteiger partial charge on any atom is -0.457 e. The first-order chi connectivity index (χ1) is 8.75. The number of furan rings is 1. The van der Waals surface area contributed by atoms with E-state index in [1.165, 1.54) is 6.26 Å². The Hall–Kier alpha value is -0.460. The number of thioether (sulfide) groups is 1. The van der Waals surface area contributed by atoms with E-state index >= 15 is 0 Å². The number of carbonyl (C=O) groups excluding carboxylic acids is 1. The van der Waals surface area contributed by atoms with Crippen LogP contribution in [0.4, 0.5) is 0 Å². The number of hydrogen-bond donors (Lipinski definition) is 0. The third-order valence-electron chi connectivity index (χ3n) is 3.41. The summed E-state index contributed by atoms with van der Waals surface area (Å²) < 4.78 is 11.2. The fourth-order valence-electron chi connectivity index (χ4n) is 2.52. The van der Waals surface area contributed by atoms with Crippen LogP contribution in [0, 0.1) is 0 Å². The number of fused-ring (bicyclic) bond motifs is 1. The van der Waals surface area contributed by atoms with Gasteiger partial charge in [-0.1, -0.05) is 0 Å². The molecule has 4 nitrogen and oxygen atoms in total. The van der Waals surface area contributed by atoms with Crippen molar-refractivity contribution in [3.8, 4) is 0 Å². The Labute approximate surface area is 118 Å². The summed E-state index contributed by atoms with van der Waals surface area (Å²) in [5.74, 6) is 1.05. The Morgan fingerprint density at radius 3 is 3.22 bits per heavy atom. The summed E-state index contributed by atoms with van der Waals surface area (Å²) in [7, 11) is 0. The number of carbonyl (C=O) groups is 1. The average molecular weight is 332 g/mol. The Kier molecular flexibility index (Phi) is 3.68. The molecule has 2 aliphatic rings. The molecule has 0 aliphatic carbocycles. The lowest BCUT2D eigenvalue weighted by Gasteiger charge is -2.43. The van der Waals surface area contributed by atoms with Gasteiger partial charge in [0.05, 0.1) is 12.2 Å². The van der Waals surface area contributed by atoms with E-state index in [9.17, 15) is 4.79 Å². The number of amides is 1. The molecular formula is C12H14BrNO3S. The third kappa shape index (κ3) is 2.33. The highest BCUT2D eigenvalue weighted by Gasteiger charge is 2.37. The van der Waals surface area contributed by atoms with Gasteiger partial charge in [0.25, 0.3) is 5.91 Å². The van der Waals surface area contributed by atoms with Crippen molar-refractivity contribution in [3.05, 3.63) is 22.6 Å². The lowest BCUT2D eigenvalue weighted by atomic mass is 10.1. The van der Waals surface area contributed by atoms with Crippen LogP contribution in [0.15, 0.2) is 21.4 Å². The van der Waals surface area contributed by atoms with E-state index in [4.69, 9.17) is 9.15 Å². The van der Waals surface area contributed by atoms with E-state index in [2.05, 4.69) is 15.9 Å². The molecule has 1 amide bonds. The van der Waals surface area contributed by atoms with Crippen LogP contribution >= 0.6 is 27.7 Å². The molecule has 3 heterocycles. The van der Waals surface area contributed by atoms with Gasteiger partial charge in [-0.15, -0.1) is 0 Å². The maximum Gasteiger partial charge on any atom is 0.257 e. The van der Waals surface area contributed by atoms with Crippen molar-refractivity contribution in [2.45, 2.75) is 17.7 Å². The first kappa shape index (κ1) is 12.6. The zero-order chi connectivity index (χ0) is 12.5. The zero-order valence-corrected chi connectivity index (χ0v) is 12.2. The first-order valence-corrected chi connectivity index (χ1v) is 7.84. The summed E-state index contributed by atoms with van der Waals surface area (Å²) in [4.78, 5) is 14.5. The van der Waals surface area contributed by atoms with Gasteiger partial charge in [-0.25, -0.2) is 0 Å². The second kappa shape index (κ2) is 5.27. The van der Waals surface area contributed by atoms with Gasteiger partial charge in [0, 0.05) is 36.3 Å². The van der Waals surface area contributed by atoms with Crippen LogP contribution in [-0.4, -0.2) is 47.6 Å². The quantitative estimate of drug-likeness (QED) is 0.792. The lowest BCUT2D eigenvalue weighted by molar-refractivity contribution is 0.0319. The SMILES string of the molecule is O=C(c1coc(Br)c1)N1CCS[C@H]2COCC[C@@H]21. The first-order valence-electron chi connectivity index (χ1n) is 6.00. The van der Waals surface area contributed by atoms with Crippen LogP contribution in [-0.2, 0) is 4.74 Å². The van der Waals surface area contributed by atoms with Crippen LogP contribution in [0.1, 0.15) is 16.8 Å². The maximum absolute atomic E-state index is 12.5. The third-order valence-corrected chi connectivity index (χ3v) is 5.12. The van der Waals surface area contributed by atoms with Gasteiger partial charge in [0.15, 0.2) is 4.67 Å². The van der Waals surface area contributed by atoms with Gasteiger partial charge in [0.2, 0.25) is 0 Å². The fourth-order valence-corrected chi connectivity index (χ4v) is 4.17. The topological polar surface area (TPSA) is 42.7 Å². The predicted octanol–water partition coefficient (Wildman–Crippen LogP) is 2.39. The predicted molar refractivity (Wildman–Crippen MR) is 72.9 cm³/mol.